The van der Waals surface area contributed by atoms with Crippen molar-refractivity contribution in [3.05, 3.63) is 89.1 Å². The molecule has 5 aliphatic rings. The van der Waals surface area contributed by atoms with Crippen molar-refractivity contribution < 1.29 is 42.1 Å². The number of nitrogens with one attached hydrogen (secondary N) is 1. The van der Waals surface area contributed by atoms with E-state index in [0.717, 1.165) is 46.4 Å². The second-order valence-electron chi connectivity index (χ2n) is 17.7. The van der Waals surface area contributed by atoms with Gasteiger partial charge >= 0.3 is 13.5 Å². The Morgan fingerprint density at radius 2 is 1.82 bits per heavy atom. The molecule has 1 unspecified atom stereocenters. The maximum Gasteiger partial charge on any atom is 0.326 e. The van der Waals surface area contributed by atoms with Gasteiger partial charge in [0, 0.05) is 47.7 Å². The summed E-state index contributed by atoms with van der Waals surface area (Å²) < 4.78 is 48.4. The lowest BCUT2D eigenvalue weighted by Gasteiger charge is -2.43. The second kappa shape index (κ2) is 16.7. The van der Waals surface area contributed by atoms with Crippen molar-refractivity contribution >= 4 is 52.6 Å². The van der Waals surface area contributed by atoms with Gasteiger partial charge in [0.2, 0.25) is 11.8 Å². The van der Waals surface area contributed by atoms with Crippen LogP contribution in [0.5, 0.6) is 11.5 Å². The number of alkyl halides is 1. The van der Waals surface area contributed by atoms with Gasteiger partial charge in [0.15, 0.2) is 6.80 Å². The van der Waals surface area contributed by atoms with Crippen LogP contribution in [0.4, 0.5) is 4.39 Å². The van der Waals surface area contributed by atoms with Crippen LogP contribution in [-0.4, -0.2) is 100 Å². The number of aromatic nitrogens is 1. The van der Waals surface area contributed by atoms with E-state index >= 15 is 0 Å². The SMILES string of the molecule is CCCOC(=O)[C@H](C)N(CF)P(=O)(Cc1ccc2sc(C(=O)N[C@H]3CC45CC4(C[C@H]4CC[C@@H](C(=O)N6CC(c7cnccc7OCC)C6)N4C3=O)C5)cc2c1)Oc1ccccc1. The first-order valence-electron chi connectivity index (χ1n) is 21.7. The van der Waals surface area contributed by atoms with E-state index < -0.39 is 38.4 Å². The zero-order valence-corrected chi connectivity index (χ0v) is 37.0. The van der Waals surface area contributed by atoms with Gasteiger partial charge in [-0.05, 0) is 117 Å². The number of nitrogens with zero attached hydrogens (tertiary/aromatic N) is 4. The molecule has 3 amide bonds. The van der Waals surface area contributed by atoms with Crippen molar-refractivity contribution in [2.75, 3.05) is 33.1 Å². The zero-order valence-electron chi connectivity index (χ0n) is 35.3. The summed E-state index contributed by atoms with van der Waals surface area (Å²) in [5.41, 5.74) is 1.81. The number of amides is 3. The highest BCUT2D eigenvalue weighted by Gasteiger charge is 2.83. The van der Waals surface area contributed by atoms with Gasteiger partial charge in [-0.25, -0.2) is 4.39 Å². The van der Waals surface area contributed by atoms with Crippen LogP contribution in [-0.2, 0) is 29.8 Å². The molecule has 16 heteroatoms. The fourth-order valence-corrected chi connectivity index (χ4v) is 13.5. The lowest BCUT2D eigenvalue weighted by molar-refractivity contribution is -0.149. The number of para-hydroxylation sites is 1. The first kappa shape index (κ1) is 42.5. The van der Waals surface area contributed by atoms with Gasteiger partial charge in [0.05, 0.1) is 24.3 Å². The molecule has 4 aromatic rings. The summed E-state index contributed by atoms with van der Waals surface area (Å²) in [5.74, 6) is -0.150. The number of carbonyl (C=O) groups is 4. The molecule has 328 valence electrons. The number of esters is 1. The van der Waals surface area contributed by atoms with Crippen molar-refractivity contribution in [3.63, 3.8) is 0 Å². The van der Waals surface area contributed by atoms with Crippen molar-refractivity contribution in [1.29, 1.82) is 0 Å². The van der Waals surface area contributed by atoms with Gasteiger partial charge in [0.1, 0.15) is 29.6 Å². The van der Waals surface area contributed by atoms with Crippen LogP contribution in [0.2, 0.25) is 0 Å². The molecule has 2 saturated carbocycles. The molecule has 2 aromatic heterocycles. The lowest BCUT2D eigenvalue weighted by atomic mass is 9.91. The first-order valence-corrected chi connectivity index (χ1v) is 24.3. The van der Waals surface area contributed by atoms with E-state index in [9.17, 15) is 28.1 Å². The smallest absolute Gasteiger partial charge is 0.326 e. The Labute approximate surface area is 364 Å². The summed E-state index contributed by atoms with van der Waals surface area (Å²) in [7, 11) is -4.09. The molecular formula is C46H53FN5O8PS. The minimum absolute atomic E-state index is 0.0385. The van der Waals surface area contributed by atoms with Gasteiger partial charge in [-0.3, -0.25) is 28.7 Å². The molecular weight excluding hydrogens is 833 g/mol. The van der Waals surface area contributed by atoms with Crippen LogP contribution in [0.15, 0.2) is 73.1 Å². The van der Waals surface area contributed by atoms with E-state index in [-0.39, 0.29) is 59.0 Å². The van der Waals surface area contributed by atoms with E-state index in [1.807, 2.05) is 42.0 Å². The second-order valence-corrected chi connectivity index (χ2v) is 21.1. The number of ether oxygens (including phenoxy) is 2. The zero-order chi connectivity index (χ0) is 43.4. The van der Waals surface area contributed by atoms with E-state index in [1.165, 1.54) is 18.3 Å². The van der Waals surface area contributed by atoms with Crippen LogP contribution in [0.3, 0.4) is 0 Å². The van der Waals surface area contributed by atoms with Crippen LogP contribution in [0.1, 0.15) is 92.4 Å². The average Bonchev–Trinajstić information content (AvgIpc) is 3.78. The summed E-state index contributed by atoms with van der Waals surface area (Å²) in [4.78, 5) is 64.1. The van der Waals surface area contributed by atoms with Crippen LogP contribution in [0.25, 0.3) is 10.1 Å². The molecule has 5 heterocycles. The summed E-state index contributed by atoms with van der Waals surface area (Å²) in [6, 6.07) is 14.8. The molecule has 3 aliphatic heterocycles. The number of thiophene rings is 1. The first-order chi connectivity index (χ1) is 29.9. The molecule has 0 bridgehead atoms. The highest BCUT2D eigenvalue weighted by molar-refractivity contribution is 7.56. The number of hydrogen-bond donors (Lipinski definition) is 1. The average molecular weight is 886 g/mol. The predicted molar refractivity (Wildman–Crippen MR) is 232 cm³/mol. The molecule has 3 saturated heterocycles. The minimum atomic E-state index is -4.09. The number of hydrogen-bond acceptors (Lipinski definition) is 10. The van der Waals surface area contributed by atoms with E-state index in [0.29, 0.717) is 54.8 Å². The Kier molecular flexibility index (Phi) is 11.4. The van der Waals surface area contributed by atoms with E-state index in [1.54, 1.807) is 54.7 Å². The largest absolute Gasteiger partial charge is 0.493 e. The molecule has 2 aromatic carbocycles. The molecule has 0 spiro atoms. The topological polar surface area (TPSA) is 148 Å². The molecule has 0 radical (unpaired) electrons. The van der Waals surface area contributed by atoms with Gasteiger partial charge in [0.25, 0.3) is 5.91 Å². The molecule has 9 rings (SSSR count). The Bertz CT molecular complexity index is 2420. The van der Waals surface area contributed by atoms with Gasteiger partial charge < -0.3 is 29.1 Å². The third kappa shape index (κ3) is 7.78. The number of rotatable bonds is 16. The van der Waals surface area contributed by atoms with Crippen LogP contribution >= 0.6 is 18.9 Å². The normalized spacial score (nSPS) is 26.5. The maximum absolute atomic E-state index is 14.8. The monoisotopic (exact) mass is 885 g/mol. The highest BCUT2D eigenvalue weighted by Crippen LogP contribution is 2.90. The van der Waals surface area contributed by atoms with Gasteiger partial charge in [-0.1, -0.05) is 31.2 Å². The van der Waals surface area contributed by atoms with Crippen LogP contribution < -0.4 is 14.6 Å². The standard InChI is InChI=1S/C46H53FN5O8PS/c1-4-17-59-44(56)29(3)51(28-47)61(57,60-34-9-7-6-8-10-34)25-30-11-14-39-31(18-30)19-40(62-39)41(53)49-36-21-46-26-45(46,27-46)20-33-12-13-37(52(33)42(36)54)43(55)50-23-32(24-50)35-22-48-16-15-38(35)58-5-2/h6-11,14-16,18-19,22,29,32-33,36-37H,4-5,12-13,17,20-21,23-28H2,1-3H3,(H,49,53)/t29-,33+,36-,37-,45?,46?,61?/m0/s1. The summed E-state index contributed by atoms with van der Waals surface area (Å²) in [6.07, 6.45) is 8.79. The maximum atomic E-state index is 14.8. The third-order valence-electron chi connectivity index (χ3n) is 13.8. The Morgan fingerprint density at radius 3 is 2.56 bits per heavy atom. The van der Waals surface area contributed by atoms with Crippen molar-refractivity contribution in [3.8, 4) is 11.5 Å². The van der Waals surface area contributed by atoms with Gasteiger partial charge in [-0.2, -0.15) is 4.67 Å². The van der Waals surface area contributed by atoms with E-state index in [2.05, 4.69) is 10.3 Å². The molecule has 13 nitrogen and oxygen atoms in total. The third-order valence-corrected chi connectivity index (χ3v) is 17.4. The Morgan fingerprint density at radius 1 is 1.05 bits per heavy atom. The number of pyridine rings is 1. The molecule has 62 heavy (non-hydrogen) atoms. The fraction of sp³-hybridized carbons (Fsp3) is 0.500. The quantitative estimate of drug-likeness (QED) is 0.0675. The number of halogens is 1. The molecule has 2 aliphatic carbocycles. The highest BCUT2D eigenvalue weighted by atomic mass is 32.1. The summed E-state index contributed by atoms with van der Waals surface area (Å²) >= 11 is 1.28. The Balaban J connectivity index is 0.914. The number of fused-ring (bicyclic) bond motifs is 2. The Hall–Kier alpha value is -4.85. The lowest BCUT2D eigenvalue weighted by Crippen LogP contribution is -2.59. The minimum Gasteiger partial charge on any atom is -0.493 e. The van der Waals surface area contributed by atoms with Crippen molar-refractivity contribution in [2.45, 2.75) is 102 Å². The fourth-order valence-electron chi connectivity index (χ4n) is 10.3. The van der Waals surface area contributed by atoms with Crippen molar-refractivity contribution in [2.24, 2.45) is 10.8 Å². The summed E-state index contributed by atoms with van der Waals surface area (Å²) in [5, 5.41) is 3.82. The number of likely N-dealkylation sites (tertiary alicyclic amines) is 1. The molecule has 1 N–H and O–H groups in total. The van der Waals surface area contributed by atoms with Crippen molar-refractivity contribution in [1.82, 2.24) is 24.8 Å². The molecule has 5 fully saturated rings. The molecule has 5 atom stereocenters. The summed E-state index contributed by atoms with van der Waals surface area (Å²) in [6.45, 7) is 5.78. The van der Waals surface area contributed by atoms with Gasteiger partial charge in [-0.15, -0.1) is 11.3 Å². The van der Waals surface area contributed by atoms with Crippen LogP contribution in [0, 0.1) is 10.8 Å². The van der Waals surface area contributed by atoms with E-state index in [4.69, 9.17) is 14.0 Å². The number of carbonyl (C=O) groups excluding carboxylic acids is 4. The predicted octanol–water partition coefficient (Wildman–Crippen LogP) is 7.70. The number of benzene rings is 2.